The van der Waals surface area contributed by atoms with Gasteiger partial charge >= 0.3 is 5.97 Å². The fourth-order valence-electron chi connectivity index (χ4n) is 1.97. The maximum absolute atomic E-state index is 12.1. The van der Waals surface area contributed by atoms with Gasteiger partial charge in [-0.1, -0.05) is 25.4 Å². The van der Waals surface area contributed by atoms with Crippen LogP contribution in [0.2, 0.25) is 5.15 Å². The van der Waals surface area contributed by atoms with Crippen LogP contribution in [-0.2, 0) is 11.3 Å². The van der Waals surface area contributed by atoms with Crippen molar-refractivity contribution in [1.82, 2.24) is 9.55 Å². The Kier molecular flexibility index (Phi) is 4.65. The van der Waals surface area contributed by atoms with Gasteiger partial charge in [-0.15, -0.1) is 0 Å². The lowest BCUT2D eigenvalue weighted by molar-refractivity contribution is -0.150. The van der Waals surface area contributed by atoms with Crippen LogP contribution in [0.1, 0.15) is 13.8 Å². The molecule has 0 aliphatic heterocycles. The molecule has 2 heterocycles. The van der Waals surface area contributed by atoms with E-state index in [2.05, 4.69) is 4.98 Å². The number of rotatable bonds is 5. The Morgan fingerprint density at radius 2 is 2.14 bits per heavy atom. The summed E-state index contributed by atoms with van der Waals surface area (Å²) in [4.78, 5) is 15.9. The van der Waals surface area contributed by atoms with E-state index in [0.717, 1.165) is 0 Å². The summed E-state index contributed by atoms with van der Waals surface area (Å²) in [5, 5.41) is 10.5. The van der Waals surface area contributed by atoms with Gasteiger partial charge in [0.05, 0.1) is 0 Å². The normalized spacial score (nSPS) is 13.0. The van der Waals surface area contributed by atoms with E-state index < -0.39 is 17.5 Å². The van der Waals surface area contributed by atoms with Crippen LogP contribution in [0.25, 0.3) is 0 Å². The van der Waals surface area contributed by atoms with E-state index in [0.29, 0.717) is 6.54 Å². The van der Waals surface area contributed by atoms with Crippen LogP contribution in [0, 0.1) is 5.41 Å². The van der Waals surface area contributed by atoms with Crippen molar-refractivity contribution in [3.05, 3.63) is 48.0 Å². The average Bonchev–Trinajstić information content (AvgIpc) is 2.89. The highest BCUT2D eigenvalue weighted by molar-refractivity contribution is 6.29. The molecule has 21 heavy (non-hydrogen) atoms. The van der Waals surface area contributed by atoms with E-state index in [4.69, 9.17) is 16.3 Å². The molecule has 0 aliphatic carbocycles. The van der Waals surface area contributed by atoms with Gasteiger partial charge in [-0.05, 0) is 18.2 Å². The van der Waals surface area contributed by atoms with E-state index in [1.54, 1.807) is 13.8 Å². The van der Waals surface area contributed by atoms with Crippen molar-refractivity contribution in [2.75, 3.05) is 0 Å². The molecular weight excluding hydrogens is 292 g/mol. The van der Waals surface area contributed by atoms with Crippen LogP contribution in [0.4, 0.5) is 0 Å². The predicted molar refractivity (Wildman–Crippen MR) is 79.1 cm³/mol. The fourth-order valence-corrected chi connectivity index (χ4v) is 2.14. The lowest BCUT2D eigenvalue weighted by Crippen LogP contribution is -2.41. The van der Waals surface area contributed by atoms with Gasteiger partial charge in [0.15, 0.2) is 6.10 Å². The number of pyridine rings is 1. The van der Waals surface area contributed by atoms with E-state index in [1.165, 1.54) is 18.3 Å². The van der Waals surface area contributed by atoms with Gasteiger partial charge in [0.1, 0.15) is 10.9 Å². The highest BCUT2D eigenvalue weighted by Crippen LogP contribution is 2.25. The Morgan fingerprint density at radius 1 is 1.48 bits per heavy atom. The Balaban J connectivity index is 2.04. The molecule has 0 radical (unpaired) electrons. The lowest BCUT2D eigenvalue weighted by Gasteiger charge is -2.29. The number of aromatic nitrogens is 2. The maximum atomic E-state index is 12.1. The second-order valence-corrected chi connectivity index (χ2v) is 5.87. The zero-order valence-corrected chi connectivity index (χ0v) is 12.6. The Labute approximate surface area is 128 Å². The first-order valence-corrected chi connectivity index (χ1v) is 6.88. The number of nitrogens with zero attached hydrogens (tertiary/aromatic N) is 2. The van der Waals surface area contributed by atoms with Crippen molar-refractivity contribution in [1.29, 1.82) is 0 Å². The molecule has 0 spiro atoms. The Hall–Kier alpha value is -1.85. The van der Waals surface area contributed by atoms with Crippen molar-refractivity contribution in [3.8, 4) is 5.75 Å². The van der Waals surface area contributed by atoms with E-state index in [1.807, 2.05) is 29.1 Å². The molecule has 0 fully saturated rings. The second-order valence-electron chi connectivity index (χ2n) is 5.48. The van der Waals surface area contributed by atoms with Gasteiger partial charge in [-0.25, -0.2) is 9.78 Å². The minimum atomic E-state index is -1.26. The Morgan fingerprint density at radius 3 is 2.76 bits per heavy atom. The SMILES string of the molecule is CC(C)(Cn1cccc1)C(O)C(=O)Oc1ccnc(Cl)c1. The number of aliphatic hydroxyl groups excluding tert-OH is 1. The standard InChI is InChI=1S/C15H17ClN2O3/c1-15(2,10-18-7-3-4-8-18)13(19)14(20)21-11-5-6-17-12(16)9-11/h3-9,13,19H,10H2,1-2H3. The number of carbonyl (C=O) groups excluding carboxylic acids is 1. The van der Waals surface area contributed by atoms with Crippen LogP contribution >= 0.6 is 11.6 Å². The van der Waals surface area contributed by atoms with Gasteiger partial charge in [0, 0.05) is 36.6 Å². The Bertz CT molecular complexity index is 611. The number of halogens is 1. The quantitative estimate of drug-likeness (QED) is 0.681. The summed E-state index contributed by atoms with van der Waals surface area (Å²) >= 11 is 5.72. The van der Waals surface area contributed by atoms with Gasteiger partial charge in [-0.2, -0.15) is 0 Å². The molecule has 2 rings (SSSR count). The third kappa shape index (κ3) is 4.06. The van der Waals surface area contributed by atoms with Crippen molar-refractivity contribution < 1.29 is 14.6 Å². The maximum Gasteiger partial charge on any atom is 0.340 e. The summed E-state index contributed by atoms with van der Waals surface area (Å²) in [6, 6.07) is 6.71. The molecule has 0 aliphatic rings. The molecule has 2 aromatic rings. The van der Waals surface area contributed by atoms with Crippen molar-refractivity contribution >= 4 is 17.6 Å². The van der Waals surface area contributed by atoms with Crippen molar-refractivity contribution in [2.45, 2.75) is 26.5 Å². The topological polar surface area (TPSA) is 64.4 Å². The zero-order chi connectivity index (χ0) is 15.5. The summed E-state index contributed by atoms with van der Waals surface area (Å²) < 4.78 is 7.04. The smallest absolute Gasteiger partial charge is 0.340 e. The molecule has 0 saturated heterocycles. The highest BCUT2D eigenvalue weighted by Gasteiger charge is 2.35. The van der Waals surface area contributed by atoms with E-state index >= 15 is 0 Å². The molecule has 2 aromatic heterocycles. The third-order valence-corrected chi connectivity index (χ3v) is 3.34. The first-order valence-electron chi connectivity index (χ1n) is 6.50. The third-order valence-electron chi connectivity index (χ3n) is 3.14. The number of ether oxygens (including phenoxy) is 1. The minimum absolute atomic E-state index is 0.224. The summed E-state index contributed by atoms with van der Waals surface area (Å²) in [6.07, 6.45) is 3.93. The van der Waals surface area contributed by atoms with Crippen LogP contribution in [0.3, 0.4) is 0 Å². The molecule has 1 atom stereocenters. The van der Waals surface area contributed by atoms with Crippen LogP contribution in [0.15, 0.2) is 42.9 Å². The first kappa shape index (κ1) is 15.5. The van der Waals surface area contributed by atoms with Crippen LogP contribution in [-0.4, -0.2) is 26.7 Å². The number of hydrogen-bond acceptors (Lipinski definition) is 4. The molecule has 1 unspecified atom stereocenters. The molecule has 1 N–H and O–H groups in total. The molecule has 5 nitrogen and oxygen atoms in total. The number of hydrogen-bond donors (Lipinski definition) is 1. The first-order chi connectivity index (χ1) is 9.88. The van der Waals surface area contributed by atoms with E-state index in [-0.39, 0.29) is 10.9 Å². The van der Waals surface area contributed by atoms with Gasteiger partial charge < -0.3 is 14.4 Å². The van der Waals surface area contributed by atoms with E-state index in [9.17, 15) is 9.90 Å². The number of esters is 1. The fraction of sp³-hybridized carbons (Fsp3) is 0.333. The second kappa shape index (κ2) is 6.28. The molecule has 0 amide bonds. The summed E-state index contributed by atoms with van der Waals surface area (Å²) in [6.45, 7) is 4.10. The number of carbonyl (C=O) groups is 1. The van der Waals surface area contributed by atoms with Gasteiger partial charge in [0.25, 0.3) is 0 Å². The molecule has 0 aromatic carbocycles. The lowest BCUT2D eigenvalue weighted by atomic mass is 9.86. The van der Waals surface area contributed by atoms with Gasteiger partial charge in [0.2, 0.25) is 0 Å². The monoisotopic (exact) mass is 308 g/mol. The summed E-state index contributed by atoms with van der Waals surface area (Å²) in [7, 11) is 0. The average molecular weight is 309 g/mol. The minimum Gasteiger partial charge on any atom is -0.424 e. The summed E-state index contributed by atoms with van der Waals surface area (Å²) in [5.41, 5.74) is -0.674. The zero-order valence-electron chi connectivity index (χ0n) is 11.9. The highest BCUT2D eigenvalue weighted by atomic mass is 35.5. The molecular formula is C15H17ClN2O3. The molecule has 112 valence electrons. The largest absolute Gasteiger partial charge is 0.424 e. The van der Waals surface area contributed by atoms with Crippen LogP contribution in [0.5, 0.6) is 5.75 Å². The predicted octanol–water partition coefficient (Wildman–Crippen LogP) is 2.53. The molecule has 0 bridgehead atoms. The number of aliphatic hydroxyl groups is 1. The molecule has 6 heteroatoms. The van der Waals surface area contributed by atoms with Crippen molar-refractivity contribution in [3.63, 3.8) is 0 Å². The molecule has 0 saturated carbocycles. The van der Waals surface area contributed by atoms with Gasteiger partial charge in [-0.3, -0.25) is 0 Å². The summed E-state index contributed by atoms with van der Waals surface area (Å²) in [5.74, 6) is -0.453. The van der Waals surface area contributed by atoms with Crippen molar-refractivity contribution in [2.24, 2.45) is 5.41 Å². The van der Waals surface area contributed by atoms with Crippen LogP contribution < -0.4 is 4.74 Å².